The summed E-state index contributed by atoms with van der Waals surface area (Å²) >= 11 is 0. The molecule has 0 aliphatic carbocycles. The lowest BCUT2D eigenvalue weighted by Gasteiger charge is -2.33. The van der Waals surface area contributed by atoms with E-state index in [-0.39, 0.29) is 5.91 Å². The lowest BCUT2D eigenvalue weighted by molar-refractivity contribution is 0.0635. The Morgan fingerprint density at radius 2 is 2.21 bits per heavy atom. The number of carbonyl (C=O) groups is 1. The molecule has 1 saturated heterocycles. The summed E-state index contributed by atoms with van der Waals surface area (Å²) in [4.78, 5) is 14.7. The van der Waals surface area contributed by atoms with Crippen molar-refractivity contribution in [3.8, 4) is 0 Å². The van der Waals surface area contributed by atoms with Crippen LogP contribution in [0.4, 0.5) is 0 Å². The van der Waals surface area contributed by atoms with E-state index in [1.165, 1.54) is 17.5 Å². The van der Waals surface area contributed by atoms with Crippen LogP contribution >= 0.6 is 0 Å². The van der Waals surface area contributed by atoms with E-state index < -0.39 is 0 Å². The topological polar surface area (TPSA) is 32.3 Å². The predicted octanol–water partition coefficient (Wildman–Crippen LogP) is 2.35. The highest BCUT2D eigenvalue weighted by Crippen LogP contribution is 2.21. The summed E-state index contributed by atoms with van der Waals surface area (Å²) in [7, 11) is 0. The maximum absolute atomic E-state index is 12.6. The maximum Gasteiger partial charge on any atom is 0.254 e. The summed E-state index contributed by atoms with van der Waals surface area (Å²) < 4.78 is 0. The van der Waals surface area contributed by atoms with Crippen molar-refractivity contribution in [1.29, 1.82) is 0 Å². The standard InChI is InChI=1S/C16H22N2O/c1-12-4-2-3-9-18(12)16(19)14-5-6-15-11-17-8-7-13(15)10-14/h5-6,10,12,17H,2-4,7-9,11H2,1H3. The van der Waals surface area contributed by atoms with Gasteiger partial charge in [0.2, 0.25) is 0 Å². The van der Waals surface area contributed by atoms with Crippen molar-refractivity contribution in [3.05, 3.63) is 34.9 Å². The highest BCUT2D eigenvalue weighted by Gasteiger charge is 2.24. The molecule has 0 spiro atoms. The molecule has 2 aliphatic heterocycles. The lowest BCUT2D eigenvalue weighted by atomic mass is 9.96. The smallest absolute Gasteiger partial charge is 0.254 e. The number of nitrogens with zero attached hydrogens (tertiary/aromatic N) is 1. The Kier molecular flexibility index (Phi) is 3.56. The summed E-state index contributed by atoms with van der Waals surface area (Å²) in [5.41, 5.74) is 3.55. The Balaban J connectivity index is 1.83. The number of piperidine rings is 1. The van der Waals surface area contributed by atoms with Gasteiger partial charge in [0.05, 0.1) is 0 Å². The van der Waals surface area contributed by atoms with Crippen LogP contribution in [0.2, 0.25) is 0 Å². The molecule has 19 heavy (non-hydrogen) atoms. The Morgan fingerprint density at radius 3 is 3.05 bits per heavy atom. The molecule has 1 fully saturated rings. The molecule has 102 valence electrons. The molecule has 3 heteroatoms. The number of hydrogen-bond acceptors (Lipinski definition) is 2. The summed E-state index contributed by atoms with van der Waals surface area (Å²) in [6.45, 7) is 5.03. The minimum Gasteiger partial charge on any atom is -0.336 e. The molecule has 2 heterocycles. The zero-order valence-corrected chi connectivity index (χ0v) is 11.6. The molecule has 1 aromatic carbocycles. The molecule has 1 unspecified atom stereocenters. The quantitative estimate of drug-likeness (QED) is 0.838. The molecular weight excluding hydrogens is 236 g/mol. The fraction of sp³-hybridized carbons (Fsp3) is 0.562. The Hall–Kier alpha value is -1.35. The van der Waals surface area contributed by atoms with Crippen LogP contribution in [-0.2, 0) is 13.0 Å². The van der Waals surface area contributed by atoms with Gasteiger partial charge in [-0.05, 0) is 62.4 Å². The third-order valence-electron chi connectivity index (χ3n) is 4.40. The Morgan fingerprint density at radius 1 is 1.32 bits per heavy atom. The second kappa shape index (κ2) is 5.33. The van der Waals surface area contributed by atoms with Gasteiger partial charge in [-0.3, -0.25) is 4.79 Å². The molecule has 0 radical (unpaired) electrons. The van der Waals surface area contributed by atoms with Gasteiger partial charge in [0, 0.05) is 24.7 Å². The number of likely N-dealkylation sites (tertiary alicyclic amines) is 1. The molecule has 0 bridgehead atoms. The minimum atomic E-state index is 0.216. The van der Waals surface area contributed by atoms with Gasteiger partial charge in [-0.2, -0.15) is 0 Å². The van der Waals surface area contributed by atoms with E-state index in [9.17, 15) is 4.79 Å². The van der Waals surface area contributed by atoms with Gasteiger partial charge in [0.15, 0.2) is 0 Å². The SMILES string of the molecule is CC1CCCCN1C(=O)c1ccc2c(c1)CCNC2. The second-order valence-electron chi connectivity index (χ2n) is 5.75. The zero-order chi connectivity index (χ0) is 13.2. The lowest BCUT2D eigenvalue weighted by Crippen LogP contribution is -2.42. The fourth-order valence-corrected chi connectivity index (χ4v) is 3.18. The van der Waals surface area contributed by atoms with Crippen LogP contribution in [0.25, 0.3) is 0 Å². The van der Waals surface area contributed by atoms with E-state index in [0.717, 1.165) is 44.5 Å². The molecule has 1 amide bonds. The van der Waals surface area contributed by atoms with Gasteiger partial charge < -0.3 is 10.2 Å². The number of hydrogen-bond donors (Lipinski definition) is 1. The van der Waals surface area contributed by atoms with Crippen LogP contribution in [-0.4, -0.2) is 29.9 Å². The molecule has 3 nitrogen and oxygen atoms in total. The van der Waals surface area contributed by atoms with Gasteiger partial charge >= 0.3 is 0 Å². The van der Waals surface area contributed by atoms with Crippen LogP contribution in [0.1, 0.15) is 47.7 Å². The average molecular weight is 258 g/mol. The average Bonchev–Trinajstić information content (AvgIpc) is 2.46. The van der Waals surface area contributed by atoms with E-state index >= 15 is 0 Å². The van der Waals surface area contributed by atoms with Gasteiger partial charge in [-0.15, -0.1) is 0 Å². The fourth-order valence-electron chi connectivity index (χ4n) is 3.18. The third-order valence-corrected chi connectivity index (χ3v) is 4.40. The molecule has 3 rings (SSSR count). The largest absolute Gasteiger partial charge is 0.336 e. The van der Waals surface area contributed by atoms with E-state index in [1.807, 2.05) is 11.0 Å². The van der Waals surface area contributed by atoms with Crippen molar-refractivity contribution >= 4 is 5.91 Å². The monoisotopic (exact) mass is 258 g/mol. The highest BCUT2D eigenvalue weighted by atomic mass is 16.2. The molecule has 1 N–H and O–H groups in total. The molecule has 1 atom stereocenters. The molecule has 2 aliphatic rings. The Bertz CT molecular complexity index is 484. The van der Waals surface area contributed by atoms with Crippen LogP contribution in [0.5, 0.6) is 0 Å². The van der Waals surface area contributed by atoms with Gasteiger partial charge in [-0.1, -0.05) is 6.07 Å². The minimum absolute atomic E-state index is 0.216. The third kappa shape index (κ3) is 2.52. The molecule has 1 aromatic rings. The van der Waals surface area contributed by atoms with Crippen LogP contribution in [0, 0.1) is 0 Å². The number of rotatable bonds is 1. The van der Waals surface area contributed by atoms with Crippen LogP contribution < -0.4 is 5.32 Å². The van der Waals surface area contributed by atoms with Crippen LogP contribution in [0.3, 0.4) is 0 Å². The Labute approximate surface area is 115 Å². The second-order valence-corrected chi connectivity index (χ2v) is 5.75. The van der Waals surface area contributed by atoms with E-state index in [2.05, 4.69) is 24.4 Å². The number of amides is 1. The first-order valence-corrected chi connectivity index (χ1v) is 7.39. The van der Waals surface area contributed by atoms with Crippen molar-refractivity contribution in [2.75, 3.05) is 13.1 Å². The van der Waals surface area contributed by atoms with Gasteiger partial charge in [-0.25, -0.2) is 0 Å². The highest BCUT2D eigenvalue weighted by molar-refractivity contribution is 5.94. The maximum atomic E-state index is 12.6. The summed E-state index contributed by atoms with van der Waals surface area (Å²) in [5, 5.41) is 3.36. The summed E-state index contributed by atoms with van der Waals surface area (Å²) in [5.74, 6) is 0.216. The van der Waals surface area contributed by atoms with Crippen molar-refractivity contribution in [2.24, 2.45) is 0 Å². The summed E-state index contributed by atoms with van der Waals surface area (Å²) in [6, 6.07) is 6.61. The van der Waals surface area contributed by atoms with E-state index in [0.29, 0.717) is 6.04 Å². The number of carbonyl (C=O) groups excluding carboxylic acids is 1. The normalized spacial score (nSPS) is 23.0. The molecule has 0 aromatic heterocycles. The predicted molar refractivity (Wildman–Crippen MR) is 76.2 cm³/mol. The first-order chi connectivity index (χ1) is 9.25. The van der Waals surface area contributed by atoms with Crippen molar-refractivity contribution in [2.45, 2.75) is 45.2 Å². The molecule has 0 saturated carbocycles. The van der Waals surface area contributed by atoms with Crippen molar-refractivity contribution < 1.29 is 4.79 Å². The first kappa shape index (κ1) is 12.7. The van der Waals surface area contributed by atoms with Gasteiger partial charge in [0.25, 0.3) is 5.91 Å². The number of fused-ring (bicyclic) bond motifs is 1. The molecular formula is C16H22N2O. The van der Waals surface area contributed by atoms with E-state index in [4.69, 9.17) is 0 Å². The van der Waals surface area contributed by atoms with Gasteiger partial charge in [0.1, 0.15) is 0 Å². The first-order valence-electron chi connectivity index (χ1n) is 7.39. The summed E-state index contributed by atoms with van der Waals surface area (Å²) in [6.07, 6.45) is 4.57. The van der Waals surface area contributed by atoms with Crippen LogP contribution in [0.15, 0.2) is 18.2 Å². The van der Waals surface area contributed by atoms with Crippen molar-refractivity contribution in [1.82, 2.24) is 10.2 Å². The number of nitrogens with one attached hydrogen (secondary N) is 1. The zero-order valence-electron chi connectivity index (χ0n) is 11.6. The van der Waals surface area contributed by atoms with Crippen molar-refractivity contribution in [3.63, 3.8) is 0 Å². The van der Waals surface area contributed by atoms with E-state index in [1.54, 1.807) is 0 Å². The number of benzene rings is 1.